The lowest BCUT2D eigenvalue weighted by atomic mass is 10.1. The van der Waals surface area contributed by atoms with Gasteiger partial charge in [0.15, 0.2) is 0 Å². The van der Waals surface area contributed by atoms with Crippen molar-refractivity contribution in [3.63, 3.8) is 0 Å². The maximum Gasteiger partial charge on any atom is 0.236 e. The zero-order chi connectivity index (χ0) is 15.3. The molecule has 0 saturated carbocycles. The molecule has 1 unspecified atom stereocenters. The highest BCUT2D eigenvalue weighted by Gasteiger charge is 2.24. The van der Waals surface area contributed by atoms with Gasteiger partial charge < -0.3 is 4.74 Å². The van der Waals surface area contributed by atoms with E-state index >= 15 is 0 Å². The zero-order valence-electron chi connectivity index (χ0n) is 12.0. The summed E-state index contributed by atoms with van der Waals surface area (Å²) in [4.78, 5) is 0. The number of ether oxygens (including phenoxy) is 1. The van der Waals surface area contributed by atoms with Gasteiger partial charge in [0.1, 0.15) is 0 Å². The van der Waals surface area contributed by atoms with E-state index in [1.807, 2.05) is 19.1 Å². The highest BCUT2D eigenvalue weighted by Crippen LogP contribution is 2.19. The van der Waals surface area contributed by atoms with E-state index in [0.717, 1.165) is 13.0 Å². The van der Waals surface area contributed by atoms with Crippen molar-refractivity contribution >= 4 is 27.7 Å². The molecule has 1 aliphatic heterocycles. The average molecular weight is 330 g/mol. The lowest BCUT2D eigenvalue weighted by molar-refractivity contribution is 0.181. The second kappa shape index (κ2) is 7.40. The molecular weight excluding hydrogens is 310 g/mol. The minimum Gasteiger partial charge on any atom is -0.381 e. The molecule has 1 atom stereocenters. The first-order valence-electron chi connectivity index (χ1n) is 7.03. The smallest absolute Gasteiger partial charge is 0.236 e. The van der Waals surface area contributed by atoms with E-state index in [9.17, 15) is 8.42 Å². The molecule has 1 aromatic carbocycles. The number of hydrogen-bond donors (Lipinski definition) is 0. The quantitative estimate of drug-likeness (QED) is 0.806. The van der Waals surface area contributed by atoms with Crippen LogP contribution in [0.2, 0.25) is 5.02 Å². The Balaban J connectivity index is 2.10. The summed E-state index contributed by atoms with van der Waals surface area (Å²) in [6.07, 6.45) is 2.46. The number of benzene rings is 1. The van der Waals surface area contributed by atoms with Gasteiger partial charge in [0.25, 0.3) is 0 Å². The van der Waals surface area contributed by atoms with E-state index in [0.29, 0.717) is 30.3 Å². The molecule has 0 aromatic heterocycles. The third-order valence-electron chi connectivity index (χ3n) is 3.52. The highest BCUT2D eigenvalue weighted by molar-refractivity contribution is 7.92. The fourth-order valence-electron chi connectivity index (χ4n) is 2.28. The fraction of sp³-hybridized carbons (Fsp3) is 0.467. The van der Waals surface area contributed by atoms with Gasteiger partial charge >= 0.3 is 0 Å². The van der Waals surface area contributed by atoms with Gasteiger partial charge in [-0.2, -0.15) is 4.31 Å². The van der Waals surface area contributed by atoms with Crippen LogP contribution in [0.1, 0.15) is 18.9 Å². The van der Waals surface area contributed by atoms with Gasteiger partial charge in [0.05, 0.1) is 6.61 Å². The summed E-state index contributed by atoms with van der Waals surface area (Å²) in [6, 6.07) is 7.16. The molecule has 0 spiro atoms. The molecular formula is C15H20ClNO3S. The molecule has 1 fully saturated rings. The Hall–Kier alpha value is -0.880. The first-order valence-corrected chi connectivity index (χ1v) is 8.91. The highest BCUT2D eigenvalue weighted by atomic mass is 35.5. The van der Waals surface area contributed by atoms with Crippen LogP contribution in [0.15, 0.2) is 29.7 Å². The first kappa shape index (κ1) is 16.5. The Kier molecular flexibility index (Phi) is 5.81. The van der Waals surface area contributed by atoms with Crippen molar-refractivity contribution in [3.8, 4) is 0 Å². The summed E-state index contributed by atoms with van der Waals surface area (Å²) in [5.74, 6) is 0.286. The Morgan fingerprint density at radius 1 is 1.43 bits per heavy atom. The standard InChI is InChI=1S/C15H20ClNO3S/c1-2-17(11-13-7-9-20-12-13)21(18,19)10-8-14-5-3-4-6-15(14)16/h3-6,8,10,13H,2,7,9,11-12H2,1H3. The maximum absolute atomic E-state index is 12.4. The molecule has 1 aliphatic rings. The van der Waals surface area contributed by atoms with Crippen LogP contribution in [-0.4, -0.2) is 39.0 Å². The van der Waals surface area contributed by atoms with E-state index in [4.69, 9.17) is 16.3 Å². The van der Waals surface area contributed by atoms with Crippen LogP contribution < -0.4 is 0 Å². The van der Waals surface area contributed by atoms with Gasteiger partial charge in [-0.05, 0) is 30.0 Å². The van der Waals surface area contributed by atoms with Crippen molar-refractivity contribution in [2.75, 3.05) is 26.3 Å². The van der Waals surface area contributed by atoms with Crippen molar-refractivity contribution in [1.82, 2.24) is 4.31 Å². The van der Waals surface area contributed by atoms with Crippen LogP contribution in [0, 0.1) is 5.92 Å². The summed E-state index contributed by atoms with van der Waals surface area (Å²) >= 11 is 6.03. The SMILES string of the molecule is CCN(CC1CCOC1)S(=O)(=O)C=Cc1ccccc1Cl. The van der Waals surface area contributed by atoms with Crippen LogP contribution in [0.3, 0.4) is 0 Å². The van der Waals surface area contributed by atoms with E-state index in [2.05, 4.69) is 0 Å². The fourth-order valence-corrected chi connectivity index (χ4v) is 3.75. The normalized spacial score (nSPS) is 19.7. The van der Waals surface area contributed by atoms with Crippen molar-refractivity contribution in [2.45, 2.75) is 13.3 Å². The third-order valence-corrected chi connectivity index (χ3v) is 5.47. The van der Waals surface area contributed by atoms with E-state index in [1.165, 1.54) is 9.71 Å². The molecule has 1 saturated heterocycles. The molecule has 0 aliphatic carbocycles. The Labute approximate surface area is 131 Å². The summed E-state index contributed by atoms with van der Waals surface area (Å²) in [5, 5.41) is 1.77. The Bertz CT molecular complexity index is 595. The summed E-state index contributed by atoms with van der Waals surface area (Å²) in [5.41, 5.74) is 0.697. The number of halogens is 1. The molecule has 2 rings (SSSR count). The van der Waals surface area contributed by atoms with Crippen LogP contribution in [0.5, 0.6) is 0 Å². The van der Waals surface area contributed by atoms with Gasteiger partial charge in [-0.3, -0.25) is 0 Å². The molecule has 1 aromatic rings. The van der Waals surface area contributed by atoms with E-state index in [1.54, 1.807) is 18.2 Å². The average Bonchev–Trinajstić information content (AvgIpc) is 2.97. The molecule has 116 valence electrons. The van der Waals surface area contributed by atoms with Gasteiger partial charge in [0, 0.05) is 30.1 Å². The number of hydrogen-bond acceptors (Lipinski definition) is 3. The van der Waals surface area contributed by atoms with Crippen LogP contribution in [0.25, 0.3) is 6.08 Å². The molecule has 4 nitrogen and oxygen atoms in total. The molecule has 6 heteroatoms. The number of sulfonamides is 1. The molecule has 21 heavy (non-hydrogen) atoms. The monoisotopic (exact) mass is 329 g/mol. The van der Waals surface area contributed by atoms with Gasteiger partial charge in [0.2, 0.25) is 10.0 Å². The first-order chi connectivity index (χ1) is 10.0. The minimum atomic E-state index is -3.44. The van der Waals surface area contributed by atoms with Crippen molar-refractivity contribution in [3.05, 3.63) is 40.3 Å². The van der Waals surface area contributed by atoms with Crippen molar-refractivity contribution < 1.29 is 13.2 Å². The van der Waals surface area contributed by atoms with Gasteiger partial charge in [-0.15, -0.1) is 0 Å². The van der Waals surface area contributed by atoms with Crippen molar-refractivity contribution in [2.24, 2.45) is 5.92 Å². The van der Waals surface area contributed by atoms with Gasteiger partial charge in [-0.1, -0.05) is 36.7 Å². The minimum absolute atomic E-state index is 0.286. The summed E-state index contributed by atoms with van der Waals surface area (Å²) < 4.78 is 31.6. The van der Waals surface area contributed by atoms with E-state index < -0.39 is 10.0 Å². The summed E-state index contributed by atoms with van der Waals surface area (Å²) in [6.45, 7) is 4.16. The zero-order valence-corrected chi connectivity index (χ0v) is 13.6. The molecule has 0 N–H and O–H groups in total. The molecule has 0 bridgehead atoms. The second-order valence-electron chi connectivity index (χ2n) is 5.05. The lowest BCUT2D eigenvalue weighted by Gasteiger charge is -2.21. The second-order valence-corrected chi connectivity index (χ2v) is 7.28. The van der Waals surface area contributed by atoms with Gasteiger partial charge in [-0.25, -0.2) is 8.42 Å². The third kappa shape index (κ3) is 4.54. The number of rotatable bonds is 6. The Morgan fingerprint density at radius 2 is 2.19 bits per heavy atom. The molecule has 0 amide bonds. The Morgan fingerprint density at radius 3 is 2.81 bits per heavy atom. The van der Waals surface area contributed by atoms with Crippen LogP contribution >= 0.6 is 11.6 Å². The van der Waals surface area contributed by atoms with Crippen LogP contribution in [0.4, 0.5) is 0 Å². The van der Waals surface area contributed by atoms with Crippen LogP contribution in [-0.2, 0) is 14.8 Å². The van der Waals surface area contributed by atoms with E-state index in [-0.39, 0.29) is 5.92 Å². The largest absolute Gasteiger partial charge is 0.381 e. The molecule has 0 radical (unpaired) electrons. The molecule has 1 heterocycles. The van der Waals surface area contributed by atoms with Crippen molar-refractivity contribution in [1.29, 1.82) is 0 Å². The predicted octanol–water partition coefficient (Wildman–Crippen LogP) is 3.00. The topological polar surface area (TPSA) is 46.6 Å². The maximum atomic E-state index is 12.4. The number of nitrogens with zero attached hydrogens (tertiary/aromatic N) is 1. The lowest BCUT2D eigenvalue weighted by Crippen LogP contribution is -2.34. The summed E-state index contributed by atoms with van der Waals surface area (Å²) in [7, 11) is -3.44. The predicted molar refractivity (Wildman–Crippen MR) is 85.6 cm³/mol.